The molecule has 0 spiro atoms. The predicted molar refractivity (Wildman–Crippen MR) is 81.3 cm³/mol. The van der Waals surface area contributed by atoms with Gasteiger partial charge in [-0.15, -0.1) is 0 Å². The average molecular weight is 372 g/mol. The molecule has 1 fully saturated rings. The molecule has 2 nitrogen and oxygen atoms in total. The second-order valence-corrected chi connectivity index (χ2v) is 6.77. The highest BCUT2D eigenvalue weighted by molar-refractivity contribution is 9.09. The summed E-state index contributed by atoms with van der Waals surface area (Å²) >= 11 is 3.40. The number of alkyl halides is 4. The molecular weight excluding hydrogens is 347 g/mol. The van der Waals surface area contributed by atoms with Gasteiger partial charge in [0.15, 0.2) is 0 Å². The van der Waals surface area contributed by atoms with E-state index in [1.807, 2.05) is 0 Å². The van der Waals surface area contributed by atoms with Crippen LogP contribution in [0.1, 0.15) is 51.9 Å². The zero-order valence-corrected chi connectivity index (χ0v) is 14.1. The fourth-order valence-corrected chi connectivity index (χ4v) is 3.67. The molecular formula is C15H25BrF3NO. The highest BCUT2D eigenvalue weighted by atomic mass is 79.9. The molecule has 1 amide bonds. The standard InChI is InChI=1S/C15H25BrF3NO/c1-2-4-11(7-8-16)10-20-14(21)12-5-3-6-13(9-12)15(17,18)19/h11-13H,2-10H2,1H3,(H,20,21). The molecule has 1 saturated carbocycles. The van der Waals surface area contributed by atoms with E-state index < -0.39 is 18.0 Å². The van der Waals surface area contributed by atoms with Gasteiger partial charge in [-0.25, -0.2) is 0 Å². The van der Waals surface area contributed by atoms with Gasteiger partial charge < -0.3 is 5.32 Å². The lowest BCUT2D eigenvalue weighted by molar-refractivity contribution is -0.186. The first-order chi connectivity index (χ1) is 9.88. The molecule has 21 heavy (non-hydrogen) atoms. The third kappa shape index (κ3) is 6.57. The minimum atomic E-state index is -4.17. The smallest absolute Gasteiger partial charge is 0.356 e. The first-order valence-electron chi connectivity index (χ1n) is 7.78. The second kappa shape index (κ2) is 9.01. The van der Waals surface area contributed by atoms with E-state index in [4.69, 9.17) is 0 Å². The van der Waals surface area contributed by atoms with Crippen LogP contribution in [0.2, 0.25) is 0 Å². The van der Waals surface area contributed by atoms with Crippen molar-refractivity contribution in [2.24, 2.45) is 17.8 Å². The number of hydrogen-bond donors (Lipinski definition) is 1. The quantitative estimate of drug-likeness (QED) is 0.647. The lowest BCUT2D eigenvalue weighted by Gasteiger charge is -2.30. The fourth-order valence-electron chi connectivity index (χ4n) is 3.03. The summed E-state index contributed by atoms with van der Waals surface area (Å²) in [4.78, 5) is 12.1. The van der Waals surface area contributed by atoms with Crippen LogP contribution in [0.3, 0.4) is 0 Å². The predicted octanol–water partition coefficient (Wildman–Crippen LogP) is 4.67. The van der Waals surface area contributed by atoms with Crippen LogP contribution in [0, 0.1) is 17.8 Å². The molecule has 1 N–H and O–H groups in total. The molecule has 0 aromatic rings. The molecule has 0 aromatic carbocycles. The van der Waals surface area contributed by atoms with Gasteiger partial charge in [-0.2, -0.15) is 13.2 Å². The number of carbonyl (C=O) groups excluding carboxylic acids is 1. The average Bonchev–Trinajstić information content (AvgIpc) is 2.44. The maximum atomic E-state index is 12.8. The van der Waals surface area contributed by atoms with Crippen LogP contribution in [-0.4, -0.2) is 24.0 Å². The Labute approximate surface area is 133 Å². The van der Waals surface area contributed by atoms with Gasteiger partial charge in [0, 0.05) is 17.8 Å². The largest absolute Gasteiger partial charge is 0.391 e. The first kappa shape index (κ1) is 18.8. The van der Waals surface area contributed by atoms with Gasteiger partial charge in [-0.3, -0.25) is 4.79 Å². The molecule has 1 aliphatic rings. The zero-order chi connectivity index (χ0) is 15.9. The molecule has 124 valence electrons. The van der Waals surface area contributed by atoms with Crippen LogP contribution in [0.5, 0.6) is 0 Å². The molecule has 1 aliphatic carbocycles. The fraction of sp³-hybridized carbons (Fsp3) is 0.933. The van der Waals surface area contributed by atoms with Crippen molar-refractivity contribution in [2.75, 3.05) is 11.9 Å². The van der Waals surface area contributed by atoms with E-state index in [-0.39, 0.29) is 18.7 Å². The third-order valence-corrected chi connectivity index (χ3v) is 4.74. The monoisotopic (exact) mass is 371 g/mol. The lowest BCUT2D eigenvalue weighted by atomic mass is 9.80. The van der Waals surface area contributed by atoms with Crippen LogP contribution < -0.4 is 5.32 Å². The molecule has 6 heteroatoms. The minimum absolute atomic E-state index is 0.0494. The van der Waals surface area contributed by atoms with E-state index >= 15 is 0 Å². The van der Waals surface area contributed by atoms with Gasteiger partial charge in [-0.1, -0.05) is 35.7 Å². The molecule has 0 saturated heterocycles. The van der Waals surface area contributed by atoms with Gasteiger partial charge in [0.05, 0.1) is 5.92 Å². The summed E-state index contributed by atoms with van der Waals surface area (Å²) in [5.74, 6) is -1.58. The molecule has 3 atom stereocenters. The van der Waals surface area contributed by atoms with Crippen LogP contribution in [0.4, 0.5) is 13.2 Å². The zero-order valence-electron chi connectivity index (χ0n) is 12.5. The van der Waals surface area contributed by atoms with Gasteiger partial charge >= 0.3 is 6.18 Å². The molecule has 0 aromatic heterocycles. The summed E-state index contributed by atoms with van der Waals surface area (Å²) in [7, 11) is 0. The van der Waals surface area contributed by atoms with Gasteiger partial charge in [-0.05, 0) is 38.0 Å². The minimum Gasteiger partial charge on any atom is -0.356 e. The van der Waals surface area contributed by atoms with Gasteiger partial charge in [0.1, 0.15) is 0 Å². The van der Waals surface area contributed by atoms with Crippen molar-refractivity contribution in [3.05, 3.63) is 0 Å². The Balaban J connectivity index is 2.43. The number of rotatable bonds is 7. The number of halogens is 4. The summed E-state index contributed by atoms with van der Waals surface area (Å²) in [6, 6.07) is 0. The summed E-state index contributed by atoms with van der Waals surface area (Å²) in [5, 5.41) is 3.75. The van der Waals surface area contributed by atoms with Crippen molar-refractivity contribution in [3.63, 3.8) is 0 Å². The number of amides is 1. The van der Waals surface area contributed by atoms with Crippen molar-refractivity contribution in [2.45, 2.75) is 58.0 Å². The topological polar surface area (TPSA) is 29.1 Å². The van der Waals surface area contributed by atoms with Crippen molar-refractivity contribution < 1.29 is 18.0 Å². The first-order valence-corrected chi connectivity index (χ1v) is 8.91. The molecule has 3 unspecified atom stereocenters. The summed E-state index contributed by atoms with van der Waals surface area (Å²) in [6.45, 7) is 2.67. The Morgan fingerprint density at radius 1 is 1.33 bits per heavy atom. The highest BCUT2D eigenvalue weighted by Crippen LogP contribution is 2.39. The molecule has 0 aliphatic heterocycles. The van der Waals surface area contributed by atoms with Crippen LogP contribution in [0.25, 0.3) is 0 Å². The number of nitrogens with one attached hydrogen (secondary N) is 1. The summed E-state index contributed by atoms with van der Waals surface area (Å²) in [5.41, 5.74) is 0. The molecule has 1 rings (SSSR count). The molecule has 0 heterocycles. The van der Waals surface area contributed by atoms with Crippen LogP contribution in [0.15, 0.2) is 0 Å². The van der Waals surface area contributed by atoms with E-state index in [1.54, 1.807) is 0 Å². The SMILES string of the molecule is CCCC(CCBr)CNC(=O)C1CCCC(C(F)(F)F)C1. The van der Waals surface area contributed by atoms with E-state index in [0.29, 0.717) is 25.3 Å². The van der Waals surface area contributed by atoms with Crippen molar-refractivity contribution in [1.82, 2.24) is 5.32 Å². The Hall–Kier alpha value is -0.260. The Morgan fingerprint density at radius 3 is 2.62 bits per heavy atom. The third-order valence-electron chi connectivity index (χ3n) is 4.29. The summed E-state index contributed by atoms with van der Waals surface area (Å²) in [6.07, 6.45) is 0.0668. The van der Waals surface area contributed by atoms with E-state index in [0.717, 1.165) is 24.6 Å². The lowest BCUT2D eigenvalue weighted by Crippen LogP contribution is -2.39. The van der Waals surface area contributed by atoms with Gasteiger partial charge in [0.25, 0.3) is 0 Å². The van der Waals surface area contributed by atoms with Crippen molar-refractivity contribution in [3.8, 4) is 0 Å². The van der Waals surface area contributed by atoms with Crippen LogP contribution in [-0.2, 0) is 4.79 Å². The highest BCUT2D eigenvalue weighted by Gasteiger charge is 2.43. The maximum absolute atomic E-state index is 12.8. The number of hydrogen-bond acceptors (Lipinski definition) is 1. The Kier molecular flexibility index (Phi) is 8.06. The van der Waals surface area contributed by atoms with E-state index in [1.165, 1.54) is 0 Å². The Bertz CT molecular complexity index is 317. The van der Waals surface area contributed by atoms with Crippen molar-refractivity contribution in [1.29, 1.82) is 0 Å². The van der Waals surface area contributed by atoms with E-state index in [9.17, 15) is 18.0 Å². The Morgan fingerprint density at radius 2 is 2.05 bits per heavy atom. The second-order valence-electron chi connectivity index (χ2n) is 5.98. The number of carbonyl (C=O) groups is 1. The normalized spacial score (nSPS) is 24.6. The molecule has 0 bridgehead atoms. The van der Waals surface area contributed by atoms with Gasteiger partial charge in [0.2, 0.25) is 5.91 Å². The van der Waals surface area contributed by atoms with Crippen molar-refractivity contribution >= 4 is 21.8 Å². The van der Waals surface area contributed by atoms with Crippen LogP contribution >= 0.6 is 15.9 Å². The maximum Gasteiger partial charge on any atom is 0.391 e. The summed E-state index contributed by atoms with van der Waals surface area (Å²) < 4.78 is 38.3. The molecule has 0 radical (unpaired) electrons. The van der Waals surface area contributed by atoms with E-state index in [2.05, 4.69) is 28.2 Å².